The first kappa shape index (κ1) is 19.8. The van der Waals surface area contributed by atoms with Crippen LogP contribution in [0.1, 0.15) is 12.5 Å². The molecule has 1 aliphatic rings. The van der Waals surface area contributed by atoms with Crippen molar-refractivity contribution in [1.29, 1.82) is 0 Å². The van der Waals surface area contributed by atoms with Crippen LogP contribution < -0.4 is 10.2 Å². The van der Waals surface area contributed by atoms with Crippen LogP contribution in [0.25, 0.3) is 0 Å². The second-order valence-corrected chi connectivity index (χ2v) is 6.24. The molecular formula is C20H21F2N3O3. The van der Waals surface area contributed by atoms with E-state index in [4.69, 9.17) is 9.47 Å². The van der Waals surface area contributed by atoms with E-state index < -0.39 is 11.6 Å². The number of carbonyl (C=O) groups excluding carboxylic acids is 1. The maximum absolute atomic E-state index is 13.6. The van der Waals surface area contributed by atoms with Gasteiger partial charge >= 0.3 is 0 Å². The zero-order valence-corrected chi connectivity index (χ0v) is 15.5. The summed E-state index contributed by atoms with van der Waals surface area (Å²) in [7, 11) is 0. The van der Waals surface area contributed by atoms with Crippen molar-refractivity contribution in [3.05, 3.63) is 59.7 Å². The summed E-state index contributed by atoms with van der Waals surface area (Å²) >= 11 is 0. The van der Waals surface area contributed by atoms with Gasteiger partial charge in [-0.3, -0.25) is 10.2 Å². The van der Waals surface area contributed by atoms with Crippen LogP contribution in [0, 0.1) is 11.6 Å². The summed E-state index contributed by atoms with van der Waals surface area (Å²) in [6.45, 7) is 3.99. The zero-order valence-electron chi connectivity index (χ0n) is 15.5. The summed E-state index contributed by atoms with van der Waals surface area (Å²) in [6, 6.07) is 10.3. The summed E-state index contributed by atoms with van der Waals surface area (Å²) < 4.78 is 37.3. The molecule has 0 saturated carbocycles. The number of benzene rings is 2. The number of hydrazone groups is 1. The molecule has 1 N–H and O–H groups in total. The Bertz CT molecular complexity index is 850. The van der Waals surface area contributed by atoms with Gasteiger partial charge in [0.25, 0.3) is 5.91 Å². The number of nitrogens with zero attached hydrogens (tertiary/aromatic N) is 2. The number of rotatable bonds is 6. The molecule has 0 radical (unpaired) electrons. The van der Waals surface area contributed by atoms with Gasteiger partial charge in [-0.25, -0.2) is 8.78 Å². The molecule has 3 rings (SSSR count). The summed E-state index contributed by atoms with van der Waals surface area (Å²) in [5.41, 5.74) is 4.07. The normalized spacial score (nSPS) is 14.7. The Kier molecular flexibility index (Phi) is 6.54. The molecule has 1 heterocycles. The predicted octanol–water partition coefficient (Wildman–Crippen LogP) is 3.04. The van der Waals surface area contributed by atoms with E-state index in [2.05, 4.69) is 10.5 Å². The third-order valence-electron chi connectivity index (χ3n) is 4.27. The number of ether oxygens (including phenoxy) is 2. The van der Waals surface area contributed by atoms with Gasteiger partial charge in [-0.2, -0.15) is 5.10 Å². The third-order valence-corrected chi connectivity index (χ3v) is 4.27. The molecule has 2 aromatic carbocycles. The fraction of sp³-hybridized carbons (Fsp3) is 0.300. The molecule has 0 unspecified atom stereocenters. The van der Waals surface area contributed by atoms with Crippen molar-refractivity contribution >= 4 is 17.3 Å². The lowest BCUT2D eigenvalue weighted by Crippen LogP contribution is -2.42. The molecule has 148 valence electrons. The molecule has 0 atom stereocenters. The molecule has 1 amide bonds. The Balaban J connectivity index is 1.54. The van der Waals surface area contributed by atoms with Crippen molar-refractivity contribution in [2.24, 2.45) is 5.10 Å². The number of halogens is 2. The maximum atomic E-state index is 13.6. The molecule has 0 aliphatic carbocycles. The molecule has 0 aromatic heterocycles. The maximum Gasteiger partial charge on any atom is 0.260 e. The van der Waals surface area contributed by atoms with E-state index in [0.717, 1.165) is 17.7 Å². The van der Waals surface area contributed by atoms with Gasteiger partial charge in [0.1, 0.15) is 11.6 Å². The van der Waals surface area contributed by atoms with Crippen LogP contribution in [0.4, 0.5) is 14.5 Å². The van der Waals surface area contributed by atoms with Crippen molar-refractivity contribution < 1.29 is 23.0 Å². The number of morpholine rings is 1. The first-order valence-corrected chi connectivity index (χ1v) is 8.87. The van der Waals surface area contributed by atoms with Crippen LogP contribution >= 0.6 is 0 Å². The number of anilines is 1. The Morgan fingerprint density at radius 2 is 1.89 bits per heavy atom. The molecule has 1 aliphatic heterocycles. The van der Waals surface area contributed by atoms with Gasteiger partial charge in [0.05, 0.1) is 24.6 Å². The minimum absolute atomic E-state index is 0.0299. The highest BCUT2D eigenvalue weighted by Crippen LogP contribution is 2.16. The molecule has 6 nitrogen and oxygen atoms in total. The summed E-state index contributed by atoms with van der Waals surface area (Å²) in [5, 5.41) is 4.11. The third kappa shape index (κ3) is 5.26. The van der Waals surface area contributed by atoms with Crippen LogP contribution in [0.5, 0.6) is 5.75 Å². The summed E-state index contributed by atoms with van der Waals surface area (Å²) in [5.74, 6) is -0.872. The Hall–Kier alpha value is -3.00. The summed E-state index contributed by atoms with van der Waals surface area (Å²) in [4.78, 5) is 13.8. The lowest BCUT2D eigenvalue weighted by molar-refractivity contribution is -0.137. The van der Waals surface area contributed by atoms with E-state index >= 15 is 0 Å². The largest absolute Gasteiger partial charge is 0.484 e. The Labute approximate surface area is 161 Å². The minimum atomic E-state index is -0.717. The monoisotopic (exact) mass is 389 g/mol. The highest BCUT2D eigenvalue weighted by atomic mass is 19.1. The van der Waals surface area contributed by atoms with Crippen molar-refractivity contribution in [2.45, 2.75) is 6.92 Å². The molecule has 0 bridgehead atoms. The second kappa shape index (κ2) is 9.27. The van der Waals surface area contributed by atoms with E-state index in [0.29, 0.717) is 37.8 Å². The first-order chi connectivity index (χ1) is 13.5. The molecule has 1 saturated heterocycles. The zero-order chi connectivity index (χ0) is 19.9. The van der Waals surface area contributed by atoms with Crippen LogP contribution in [-0.4, -0.2) is 49.4 Å². The van der Waals surface area contributed by atoms with Crippen molar-refractivity contribution in [3.63, 3.8) is 0 Å². The SMILES string of the molecule is C/C(=N/Nc1ccc(F)cc1F)c1ccc(OCC(=O)N2CCOCC2)cc1. The van der Waals surface area contributed by atoms with Crippen molar-refractivity contribution in [1.82, 2.24) is 4.90 Å². The number of carbonyl (C=O) groups is 1. The van der Waals surface area contributed by atoms with E-state index in [1.54, 1.807) is 36.1 Å². The highest BCUT2D eigenvalue weighted by molar-refractivity contribution is 5.99. The summed E-state index contributed by atoms with van der Waals surface area (Å²) in [6.07, 6.45) is 0. The van der Waals surface area contributed by atoms with Crippen LogP contribution in [-0.2, 0) is 9.53 Å². The fourth-order valence-electron chi connectivity index (χ4n) is 2.63. The van der Waals surface area contributed by atoms with Gasteiger partial charge < -0.3 is 14.4 Å². The van der Waals surface area contributed by atoms with Crippen LogP contribution in [0.2, 0.25) is 0 Å². The van der Waals surface area contributed by atoms with Gasteiger partial charge in [0, 0.05) is 19.2 Å². The smallest absolute Gasteiger partial charge is 0.260 e. The van der Waals surface area contributed by atoms with Gasteiger partial charge in [0.15, 0.2) is 12.4 Å². The number of hydrogen-bond donors (Lipinski definition) is 1. The van der Waals surface area contributed by atoms with Crippen LogP contribution in [0.15, 0.2) is 47.6 Å². The number of nitrogens with one attached hydrogen (secondary N) is 1. The van der Waals surface area contributed by atoms with E-state index in [-0.39, 0.29) is 18.2 Å². The fourth-order valence-corrected chi connectivity index (χ4v) is 2.63. The first-order valence-electron chi connectivity index (χ1n) is 8.87. The van der Waals surface area contributed by atoms with Crippen molar-refractivity contribution in [3.8, 4) is 5.75 Å². The molecule has 8 heteroatoms. The number of amides is 1. The van der Waals surface area contributed by atoms with Crippen molar-refractivity contribution in [2.75, 3.05) is 38.3 Å². The van der Waals surface area contributed by atoms with E-state index in [1.807, 2.05) is 0 Å². The molecule has 28 heavy (non-hydrogen) atoms. The number of hydrogen-bond acceptors (Lipinski definition) is 5. The molecular weight excluding hydrogens is 368 g/mol. The predicted molar refractivity (Wildman–Crippen MR) is 102 cm³/mol. The van der Waals surface area contributed by atoms with Gasteiger partial charge in [-0.05, 0) is 48.9 Å². The molecule has 1 fully saturated rings. The topological polar surface area (TPSA) is 63.2 Å². The standard InChI is InChI=1S/C20H21F2N3O3/c1-14(23-24-19-7-4-16(21)12-18(19)22)15-2-5-17(6-3-15)28-13-20(26)25-8-10-27-11-9-25/h2-7,12,24H,8-11,13H2,1H3/b23-14-. The average Bonchev–Trinajstić information content (AvgIpc) is 2.72. The highest BCUT2D eigenvalue weighted by Gasteiger charge is 2.17. The Morgan fingerprint density at radius 1 is 1.18 bits per heavy atom. The molecule has 0 spiro atoms. The minimum Gasteiger partial charge on any atom is -0.484 e. The van der Waals surface area contributed by atoms with E-state index in [1.165, 1.54) is 6.07 Å². The average molecular weight is 389 g/mol. The molecule has 2 aromatic rings. The van der Waals surface area contributed by atoms with E-state index in [9.17, 15) is 13.6 Å². The van der Waals surface area contributed by atoms with Gasteiger partial charge in [-0.1, -0.05) is 0 Å². The van der Waals surface area contributed by atoms with Gasteiger partial charge in [0.2, 0.25) is 0 Å². The van der Waals surface area contributed by atoms with Gasteiger partial charge in [-0.15, -0.1) is 0 Å². The quantitative estimate of drug-likeness (QED) is 0.609. The second-order valence-electron chi connectivity index (χ2n) is 6.24. The Morgan fingerprint density at radius 3 is 2.57 bits per heavy atom. The lowest BCUT2D eigenvalue weighted by atomic mass is 10.1. The lowest BCUT2D eigenvalue weighted by Gasteiger charge is -2.26. The van der Waals surface area contributed by atoms with Crippen LogP contribution in [0.3, 0.4) is 0 Å².